The smallest absolute Gasteiger partial charge is 0.404 e. The van der Waals surface area contributed by atoms with Crippen LogP contribution in [0, 0.1) is 23.2 Å². The molecule has 0 radical (unpaired) electrons. The summed E-state index contributed by atoms with van der Waals surface area (Å²) in [4.78, 5) is 13.2. The quantitative estimate of drug-likeness (QED) is 0.624. The molecule has 6 heteroatoms. The van der Waals surface area contributed by atoms with Gasteiger partial charge in [-0.05, 0) is 68.4 Å². The third kappa shape index (κ3) is 4.19. The molecule has 170 valence electrons. The van der Waals surface area contributed by atoms with Crippen molar-refractivity contribution in [3.63, 3.8) is 0 Å². The molecule has 1 amide bonds. The third-order valence-corrected chi connectivity index (χ3v) is 8.30. The lowest BCUT2D eigenvalue weighted by Crippen LogP contribution is -2.65. The van der Waals surface area contributed by atoms with E-state index in [-0.39, 0.29) is 36.7 Å². The summed E-state index contributed by atoms with van der Waals surface area (Å²) in [7, 11) is 1.46. The molecule has 1 saturated heterocycles. The van der Waals surface area contributed by atoms with E-state index in [1.54, 1.807) is 0 Å². The minimum atomic E-state index is -0.384. The van der Waals surface area contributed by atoms with Crippen molar-refractivity contribution < 1.29 is 14.1 Å². The predicted octanol–water partition coefficient (Wildman–Crippen LogP) is 3.62. The summed E-state index contributed by atoms with van der Waals surface area (Å²) in [5.41, 5.74) is 1.20. The molecular weight excluding hydrogens is 387 g/mol. The number of rotatable bonds is 8. The second kappa shape index (κ2) is 8.53. The lowest BCUT2D eigenvalue weighted by molar-refractivity contribution is -0.199. The first kappa shape index (κ1) is 22.8. The molecule has 3 aliphatic carbocycles. The van der Waals surface area contributed by atoms with Crippen molar-refractivity contribution in [3.8, 4) is 0 Å². The molecule has 6 atom stereocenters. The topological polar surface area (TPSA) is 59.6 Å². The molecule has 4 fully saturated rings. The van der Waals surface area contributed by atoms with E-state index in [2.05, 4.69) is 57.4 Å². The number of likely N-dealkylation sites (N-methyl/N-ethyl adjacent to an activating group) is 1. The molecule has 1 heterocycles. The summed E-state index contributed by atoms with van der Waals surface area (Å²) in [5.74, 6) is 1.53. The van der Waals surface area contributed by atoms with E-state index in [4.69, 9.17) is 9.31 Å². The van der Waals surface area contributed by atoms with Gasteiger partial charge in [0, 0.05) is 0 Å². The average molecular weight is 426 g/mol. The summed E-state index contributed by atoms with van der Waals surface area (Å²) in [6.07, 6.45) is 3.91. The van der Waals surface area contributed by atoms with Crippen molar-refractivity contribution in [3.05, 3.63) is 35.9 Å². The van der Waals surface area contributed by atoms with Gasteiger partial charge in [0.1, 0.15) is 0 Å². The summed E-state index contributed by atoms with van der Waals surface area (Å²) in [6, 6.07) is 9.85. The number of hydrogen-bond donors (Lipinski definition) is 2. The number of carbonyl (C=O) groups excluding carboxylic acids is 1. The zero-order valence-corrected chi connectivity index (χ0v) is 20.0. The van der Waals surface area contributed by atoms with Gasteiger partial charge in [0.05, 0.1) is 23.7 Å². The molecule has 4 aliphatic rings. The molecule has 5 rings (SSSR count). The van der Waals surface area contributed by atoms with Crippen molar-refractivity contribution in [2.24, 2.45) is 23.2 Å². The van der Waals surface area contributed by atoms with E-state index in [0.717, 1.165) is 24.3 Å². The largest absolute Gasteiger partial charge is 0.481 e. The fraction of sp³-hybridized carbons (Fsp3) is 0.720. The van der Waals surface area contributed by atoms with E-state index < -0.39 is 0 Å². The van der Waals surface area contributed by atoms with Crippen LogP contribution in [-0.2, 0) is 20.5 Å². The van der Waals surface area contributed by atoms with Crippen LogP contribution in [0.4, 0.5) is 0 Å². The number of hydrogen-bond acceptors (Lipinski definition) is 4. The van der Waals surface area contributed by atoms with Crippen LogP contribution in [0.25, 0.3) is 0 Å². The van der Waals surface area contributed by atoms with Gasteiger partial charge in [0.15, 0.2) is 0 Å². The fourth-order valence-electron chi connectivity index (χ4n) is 6.28. The Morgan fingerprint density at radius 2 is 1.90 bits per heavy atom. The van der Waals surface area contributed by atoms with E-state index in [9.17, 15) is 4.79 Å². The highest BCUT2D eigenvalue weighted by molar-refractivity contribution is 6.47. The first-order chi connectivity index (χ1) is 14.6. The Morgan fingerprint density at radius 1 is 1.19 bits per heavy atom. The van der Waals surface area contributed by atoms with E-state index in [1.165, 1.54) is 6.42 Å². The number of benzene rings is 1. The molecule has 2 N–H and O–H groups in total. The van der Waals surface area contributed by atoms with Crippen LogP contribution in [0.5, 0.6) is 0 Å². The van der Waals surface area contributed by atoms with Crippen LogP contribution in [0.15, 0.2) is 30.3 Å². The van der Waals surface area contributed by atoms with Crippen molar-refractivity contribution in [1.82, 2.24) is 10.6 Å². The van der Waals surface area contributed by atoms with E-state index in [0.29, 0.717) is 23.7 Å². The van der Waals surface area contributed by atoms with Gasteiger partial charge in [-0.3, -0.25) is 4.79 Å². The first-order valence-corrected chi connectivity index (χ1v) is 12.0. The standard InChI is InChI=1S/C25H39BN2O3/c1-16(2)12-22(28-23(29)19(27-6)13-17-10-8-7-9-11-17)26-30-21-15-18-14-20(24(18,3)4)25(21,5)31-26/h7-11,16,18-22,27H,12-15H2,1-6H3,(H,28,29)/t18-,19-,20-,21+,22-,25-/m0/s1. The molecule has 3 saturated carbocycles. The second-order valence-corrected chi connectivity index (χ2v) is 11.1. The maximum absolute atomic E-state index is 13.2. The zero-order valence-electron chi connectivity index (χ0n) is 20.0. The molecule has 0 aromatic heterocycles. The summed E-state index contributed by atoms with van der Waals surface area (Å²) >= 11 is 0. The van der Waals surface area contributed by atoms with Gasteiger partial charge in [0.25, 0.3) is 0 Å². The highest BCUT2D eigenvalue weighted by Crippen LogP contribution is 2.65. The van der Waals surface area contributed by atoms with Crippen molar-refractivity contribution in [2.75, 3.05) is 7.05 Å². The lowest BCUT2D eigenvalue weighted by Gasteiger charge is -2.64. The van der Waals surface area contributed by atoms with E-state index in [1.807, 2.05) is 25.2 Å². The maximum atomic E-state index is 13.2. The normalized spacial score (nSPS) is 32.9. The SMILES string of the molecule is CN[C@@H](Cc1ccccc1)C(=O)N[C@@H](CC(C)C)B1O[C@@H]2C[C@@H]3C[C@@H](C3(C)C)[C@]2(C)O1. The molecule has 1 aromatic carbocycles. The van der Waals surface area contributed by atoms with Crippen LogP contribution >= 0.6 is 0 Å². The Morgan fingerprint density at radius 3 is 2.52 bits per heavy atom. The minimum absolute atomic E-state index is 0.00820. The monoisotopic (exact) mass is 426 g/mol. The molecular formula is C25H39BN2O3. The van der Waals surface area contributed by atoms with Gasteiger partial charge in [-0.1, -0.05) is 58.0 Å². The zero-order chi connectivity index (χ0) is 22.4. The Bertz CT molecular complexity index is 786. The van der Waals surface area contributed by atoms with Crippen LogP contribution in [0.1, 0.15) is 59.4 Å². The molecule has 0 unspecified atom stereocenters. The Balaban J connectivity index is 1.46. The Labute approximate surface area is 188 Å². The Hall–Kier alpha value is -1.37. The number of nitrogens with one attached hydrogen (secondary N) is 2. The molecule has 5 nitrogen and oxygen atoms in total. The molecule has 1 aromatic rings. The first-order valence-electron chi connectivity index (χ1n) is 12.0. The summed E-state index contributed by atoms with van der Waals surface area (Å²) < 4.78 is 13.2. The number of amides is 1. The molecule has 2 bridgehead atoms. The second-order valence-electron chi connectivity index (χ2n) is 11.1. The van der Waals surface area contributed by atoms with Crippen LogP contribution < -0.4 is 10.6 Å². The summed E-state index contributed by atoms with van der Waals surface area (Å²) in [5, 5.41) is 6.47. The van der Waals surface area contributed by atoms with Gasteiger partial charge >= 0.3 is 7.12 Å². The predicted molar refractivity (Wildman–Crippen MR) is 124 cm³/mol. The number of carbonyl (C=O) groups is 1. The van der Waals surface area contributed by atoms with Crippen molar-refractivity contribution >= 4 is 13.0 Å². The van der Waals surface area contributed by atoms with Crippen LogP contribution in [0.3, 0.4) is 0 Å². The van der Waals surface area contributed by atoms with Crippen LogP contribution in [0.2, 0.25) is 0 Å². The highest BCUT2D eigenvalue weighted by Gasteiger charge is 2.68. The molecule has 31 heavy (non-hydrogen) atoms. The molecule has 1 aliphatic heterocycles. The average Bonchev–Trinajstić information content (AvgIpc) is 3.08. The third-order valence-electron chi connectivity index (χ3n) is 8.30. The van der Waals surface area contributed by atoms with Gasteiger partial charge < -0.3 is 19.9 Å². The van der Waals surface area contributed by atoms with Crippen molar-refractivity contribution in [1.29, 1.82) is 0 Å². The molecule has 0 spiro atoms. The Kier molecular flexibility index (Phi) is 6.28. The highest BCUT2D eigenvalue weighted by atomic mass is 16.7. The fourth-order valence-corrected chi connectivity index (χ4v) is 6.28. The lowest BCUT2D eigenvalue weighted by atomic mass is 9.43. The van der Waals surface area contributed by atoms with Gasteiger partial charge in [-0.2, -0.15) is 0 Å². The van der Waals surface area contributed by atoms with Crippen molar-refractivity contribution in [2.45, 2.75) is 84.0 Å². The van der Waals surface area contributed by atoms with E-state index >= 15 is 0 Å². The van der Waals surface area contributed by atoms with Gasteiger partial charge in [-0.15, -0.1) is 0 Å². The van der Waals surface area contributed by atoms with Crippen LogP contribution in [-0.4, -0.2) is 43.8 Å². The van der Waals surface area contributed by atoms with Gasteiger partial charge in [0.2, 0.25) is 5.91 Å². The van der Waals surface area contributed by atoms with Gasteiger partial charge in [-0.25, -0.2) is 0 Å². The maximum Gasteiger partial charge on any atom is 0.481 e. The minimum Gasteiger partial charge on any atom is -0.404 e. The summed E-state index contributed by atoms with van der Waals surface area (Å²) in [6.45, 7) is 11.3.